The van der Waals surface area contributed by atoms with Crippen LogP contribution in [0.3, 0.4) is 0 Å². The summed E-state index contributed by atoms with van der Waals surface area (Å²) in [7, 11) is 1.88. The lowest BCUT2D eigenvalue weighted by molar-refractivity contribution is -0.129. The molecule has 1 saturated carbocycles. The molecule has 0 bridgehead atoms. The molecule has 0 aromatic carbocycles. The third kappa shape index (κ3) is 4.91. The summed E-state index contributed by atoms with van der Waals surface area (Å²) in [6.45, 7) is 0.341. The second-order valence-corrected chi connectivity index (χ2v) is 7.68. The Bertz CT molecular complexity index is 768. The van der Waals surface area contributed by atoms with Crippen LogP contribution in [-0.2, 0) is 16.1 Å². The Morgan fingerprint density at radius 3 is 2.78 bits per heavy atom. The van der Waals surface area contributed by atoms with E-state index in [0.717, 1.165) is 12.8 Å². The number of hydrogen-bond acceptors (Lipinski definition) is 6. The van der Waals surface area contributed by atoms with Crippen LogP contribution in [0.2, 0.25) is 0 Å². The molecule has 0 atom stereocenters. The number of carbonyl (C=O) groups excluding carboxylic acids is 2. The number of nitrogens with zero attached hydrogens (tertiary/aromatic N) is 4. The van der Waals surface area contributed by atoms with Crippen molar-refractivity contribution in [2.24, 2.45) is 5.73 Å². The maximum atomic E-state index is 12.6. The Hall–Kier alpha value is -2.29. The van der Waals surface area contributed by atoms with Crippen LogP contribution in [0.25, 0.3) is 11.6 Å². The normalized spacial score (nSPS) is 15.0. The number of primary amides is 1. The minimum Gasteiger partial charge on any atom is -0.461 e. The first-order chi connectivity index (χ1) is 13.1. The first-order valence-electron chi connectivity index (χ1n) is 9.20. The molecule has 27 heavy (non-hydrogen) atoms. The summed E-state index contributed by atoms with van der Waals surface area (Å²) in [6, 6.07) is 3.87. The van der Waals surface area contributed by atoms with Crippen LogP contribution in [0.15, 0.2) is 28.0 Å². The second kappa shape index (κ2) is 9.07. The molecule has 0 spiro atoms. The molecule has 2 aromatic rings. The lowest BCUT2D eigenvalue weighted by Gasteiger charge is -2.31. The number of carbonyl (C=O) groups is 2. The van der Waals surface area contributed by atoms with E-state index in [4.69, 9.17) is 10.2 Å². The summed E-state index contributed by atoms with van der Waals surface area (Å²) in [5.74, 6) is 1.04. The Balaban J connectivity index is 1.68. The largest absolute Gasteiger partial charge is 0.461 e. The van der Waals surface area contributed by atoms with Gasteiger partial charge in [0.1, 0.15) is 0 Å². The quantitative estimate of drug-likeness (QED) is 0.692. The summed E-state index contributed by atoms with van der Waals surface area (Å²) in [5, 5.41) is 8.93. The highest BCUT2D eigenvalue weighted by atomic mass is 32.2. The molecule has 0 unspecified atom stereocenters. The van der Waals surface area contributed by atoms with Gasteiger partial charge >= 0.3 is 0 Å². The highest BCUT2D eigenvalue weighted by Gasteiger charge is 2.23. The van der Waals surface area contributed by atoms with E-state index in [1.807, 2.05) is 11.9 Å². The molecular formula is C18H25N5O3S. The molecule has 0 aliphatic heterocycles. The van der Waals surface area contributed by atoms with Gasteiger partial charge in [0.25, 0.3) is 0 Å². The number of thioether (sulfide) groups is 1. The van der Waals surface area contributed by atoms with Crippen LogP contribution in [-0.4, -0.2) is 50.3 Å². The monoisotopic (exact) mass is 391 g/mol. The predicted octanol–water partition coefficient (Wildman–Crippen LogP) is 2.30. The van der Waals surface area contributed by atoms with Crippen molar-refractivity contribution in [1.29, 1.82) is 0 Å². The van der Waals surface area contributed by atoms with Crippen LogP contribution in [0.4, 0.5) is 0 Å². The van der Waals surface area contributed by atoms with E-state index >= 15 is 0 Å². The lowest BCUT2D eigenvalue weighted by Crippen LogP contribution is -2.39. The lowest BCUT2D eigenvalue weighted by atomic mass is 9.94. The van der Waals surface area contributed by atoms with E-state index in [1.54, 1.807) is 23.0 Å². The molecule has 2 heterocycles. The van der Waals surface area contributed by atoms with E-state index in [2.05, 4.69) is 10.2 Å². The first kappa shape index (κ1) is 19.5. The van der Waals surface area contributed by atoms with Gasteiger partial charge < -0.3 is 15.1 Å². The third-order valence-electron chi connectivity index (χ3n) is 4.88. The average Bonchev–Trinajstić information content (AvgIpc) is 3.33. The zero-order chi connectivity index (χ0) is 19.2. The van der Waals surface area contributed by atoms with Crippen LogP contribution in [0, 0.1) is 0 Å². The SMILES string of the molecule is CN(C(=O)CSc1nnc(-c2ccco2)n1CCC(N)=O)C1CCCCC1. The maximum absolute atomic E-state index is 12.6. The zero-order valence-electron chi connectivity index (χ0n) is 15.5. The van der Waals surface area contributed by atoms with Crippen LogP contribution < -0.4 is 5.73 Å². The highest BCUT2D eigenvalue weighted by molar-refractivity contribution is 7.99. The molecule has 0 saturated heterocycles. The van der Waals surface area contributed by atoms with E-state index in [1.165, 1.54) is 31.0 Å². The summed E-state index contributed by atoms with van der Waals surface area (Å²) >= 11 is 1.32. The van der Waals surface area contributed by atoms with Crippen molar-refractivity contribution in [2.45, 2.75) is 56.3 Å². The fourth-order valence-corrected chi connectivity index (χ4v) is 4.20. The van der Waals surface area contributed by atoms with Gasteiger partial charge in [0.2, 0.25) is 11.8 Å². The summed E-state index contributed by atoms with van der Waals surface area (Å²) < 4.78 is 7.18. The van der Waals surface area contributed by atoms with Crippen LogP contribution in [0.1, 0.15) is 38.5 Å². The van der Waals surface area contributed by atoms with Crippen molar-refractivity contribution in [3.63, 3.8) is 0 Å². The molecule has 1 aliphatic carbocycles. The van der Waals surface area contributed by atoms with Gasteiger partial charge in [-0.2, -0.15) is 0 Å². The smallest absolute Gasteiger partial charge is 0.233 e. The molecule has 1 fully saturated rings. The van der Waals surface area contributed by atoms with Crippen molar-refractivity contribution >= 4 is 23.6 Å². The van der Waals surface area contributed by atoms with Gasteiger partial charge in [0.15, 0.2) is 16.7 Å². The molecule has 2 amide bonds. The Kier molecular flexibility index (Phi) is 6.54. The molecule has 1 aliphatic rings. The van der Waals surface area contributed by atoms with E-state index in [9.17, 15) is 9.59 Å². The Morgan fingerprint density at radius 1 is 1.33 bits per heavy atom. The summed E-state index contributed by atoms with van der Waals surface area (Å²) in [5.41, 5.74) is 5.29. The maximum Gasteiger partial charge on any atom is 0.233 e. The third-order valence-corrected chi connectivity index (χ3v) is 5.83. The molecule has 8 nitrogen and oxygen atoms in total. The number of amides is 2. The van der Waals surface area contributed by atoms with Gasteiger partial charge in [0.05, 0.1) is 12.0 Å². The fraction of sp³-hybridized carbons (Fsp3) is 0.556. The summed E-state index contributed by atoms with van der Waals surface area (Å²) in [6.07, 6.45) is 7.49. The van der Waals surface area contributed by atoms with Gasteiger partial charge in [-0.15, -0.1) is 10.2 Å². The number of aromatic nitrogens is 3. The summed E-state index contributed by atoms with van der Waals surface area (Å²) in [4.78, 5) is 25.7. The molecule has 146 valence electrons. The van der Waals surface area contributed by atoms with Gasteiger partial charge in [-0.25, -0.2) is 0 Å². The van der Waals surface area contributed by atoms with Crippen LogP contribution >= 0.6 is 11.8 Å². The van der Waals surface area contributed by atoms with Crippen molar-refractivity contribution in [1.82, 2.24) is 19.7 Å². The van der Waals surface area contributed by atoms with Crippen molar-refractivity contribution < 1.29 is 14.0 Å². The van der Waals surface area contributed by atoms with Crippen molar-refractivity contribution in [3.8, 4) is 11.6 Å². The van der Waals surface area contributed by atoms with Crippen LogP contribution in [0.5, 0.6) is 0 Å². The molecule has 0 radical (unpaired) electrons. The van der Waals surface area contributed by atoms with Crippen molar-refractivity contribution in [3.05, 3.63) is 18.4 Å². The molecular weight excluding hydrogens is 366 g/mol. The van der Waals surface area contributed by atoms with Crippen molar-refractivity contribution in [2.75, 3.05) is 12.8 Å². The first-order valence-corrected chi connectivity index (χ1v) is 10.2. The average molecular weight is 391 g/mol. The van der Waals surface area contributed by atoms with E-state index < -0.39 is 5.91 Å². The molecule has 2 N–H and O–H groups in total. The van der Waals surface area contributed by atoms with E-state index in [-0.39, 0.29) is 18.1 Å². The fourth-order valence-electron chi connectivity index (χ4n) is 3.31. The minimum absolute atomic E-state index is 0.0795. The Morgan fingerprint density at radius 2 is 2.11 bits per heavy atom. The number of nitrogens with two attached hydrogens (primary N) is 1. The van der Waals surface area contributed by atoms with Gasteiger partial charge in [0, 0.05) is 26.1 Å². The van der Waals surface area contributed by atoms with E-state index in [0.29, 0.717) is 29.3 Å². The topological polar surface area (TPSA) is 107 Å². The van der Waals surface area contributed by atoms with Gasteiger partial charge in [-0.3, -0.25) is 14.2 Å². The highest BCUT2D eigenvalue weighted by Crippen LogP contribution is 2.26. The predicted molar refractivity (Wildman–Crippen MR) is 102 cm³/mol. The second-order valence-electron chi connectivity index (χ2n) is 6.74. The zero-order valence-corrected chi connectivity index (χ0v) is 16.3. The number of hydrogen-bond donors (Lipinski definition) is 1. The molecule has 2 aromatic heterocycles. The Labute approximate surface area is 162 Å². The molecule has 3 rings (SSSR count). The standard InChI is InChI=1S/C18H25N5O3S/c1-22(13-6-3-2-4-7-13)16(25)12-27-18-21-20-17(14-8-5-11-26-14)23(18)10-9-15(19)24/h5,8,11,13H,2-4,6-7,9-10,12H2,1H3,(H2,19,24). The minimum atomic E-state index is -0.404. The van der Waals surface area contributed by atoms with Gasteiger partial charge in [-0.05, 0) is 25.0 Å². The number of furan rings is 1. The van der Waals surface area contributed by atoms with Gasteiger partial charge in [-0.1, -0.05) is 31.0 Å². The molecule has 9 heteroatoms. The number of rotatable bonds is 8.